The number of rotatable bonds is 7. The van der Waals surface area contributed by atoms with Crippen LogP contribution in [0.3, 0.4) is 0 Å². The van der Waals surface area contributed by atoms with E-state index < -0.39 is 40.1 Å². The minimum atomic E-state index is -4.19. The molecule has 6 amide bonds. The second-order valence-corrected chi connectivity index (χ2v) is 14.8. The number of amidine groups is 1. The Labute approximate surface area is 305 Å². The molecule has 6 rings (SSSR count). The number of sulfonamides is 1. The summed E-state index contributed by atoms with van der Waals surface area (Å²) in [5, 5.41) is 6.37. The van der Waals surface area contributed by atoms with E-state index >= 15 is 0 Å². The van der Waals surface area contributed by atoms with Crippen LogP contribution < -0.4 is 19.7 Å². The van der Waals surface area contributed by atoms with E-state index in [0.29, 0.717) is 25.5 Å². The lowest BCUT2D eigenvalue weighted by Gasteiger charge is -2.36. The number of amides is 6. The highest BCUT2D eigenvalue weighted by molar-refractivity contribution is 7.92. The van der Waals surface area contributed by atoms with Gasteiger partial charge in [0.1, 0.15) is 30.7 Å². The molecule has 2 atom stereocenters. The second-order valence-electron chi connectivity index (χ2n) is 12.1. The first-order valence-electron chi connectivity index (χ1n) is 16.1. The fourth-order valence-corrected chi connectivity index (χ4v) is 7.43. The first kappa shape index (κ1) is 35.9. The highest BCUT2D eigenvalue weighted by Crippen LogP contribution is 2.46. The molecule has 0 aromatic heterocycles. The van der Waals surface area contributed by atoms with Gasteiger partial charge < -0.3 is 25.2 Å². The van der Waals surface area contributed by atoms with Crippen LogP contribution in [0, 0.1) is 0 Å². The van der Waals surface area contributed by atoms with E-state index in [4.69, 9.17) is 32.9 Å². The van der Waals surface area contributed by atoms with Crippen molar-refractivity contribution in [1.82, 2.24) is 25.3 Å². The zero-order valence-corrected chi connectivity index (χ0v) is 30.0. The molecule has 3 heterocycles. The van der Waals surface area contributed by atoms with Crippen molar-refractivity contribution in [2.75, 3.05) is 56.4 Å². The smallest absolute Gasteiger partial charge is 0.338 e. The maximum absolute atomic E-state index is 14.6. The summed E-state index contributed by atoms with van der Waals surface area (Å²) in [6.07, 6.45) is 0.896. The number of halogens is 2. The Morgan fingerprint density at radius 2 is 1.45 bits per heavy atom. The van der Waals surface area contributed by atoms with Gasteiger partial charge in [-0.05, 0) is 54.4 Å². The summed E-state index contributed by atoms with van der Waals surface area (Å²) in [7, 11) is -4.19. The van der Waals surface area contributed by atoms with Gasteiger partial charge in [0.2, 0.25) is 21.8 Å². The van der Waals surface area contributed by atoms with Crippen LogP contribution in [0.5, 0.6) is 5.75 Å². The van der Waals surface area contributed by atoms with Crippen molar-refractivity contribution in [3.63, 3.8) is 0 Å². The Morgan fingerprint density at radius 3 is 2.02 bits per heavy atom. The summed E-state index contributed by atoms with van der Waals surface area (Å²) in [4.78, 5) is 62.0. The van der Waals surface area contributed by atoms with Gasteiger partial charge in [0.15, 0.2) is 0 Å². The van der Waals surface area contributed by atoms with Crippen molar-refractivity contribution in [2.45, 2.75) is 19.0 Å². The van der Waals surface area contributed by atoms with E-state index in [1.165, 1.54) is 21.9 Å². The van der Waals surface area contributed by atoms with Crippen LogP contribution in [-0.4, -0.2) is 105 Å². The summed E-state index contributed by atoms with van der Waals surface area (Å²) in [6, 6.07) is 15.8. The molecule has 0 spiro atoms. The van der Waals surface area contributed by atoms with Crippen LogP contribution in [0.15, 0.2) is 71.7 Å². The monoisotopic (exact) mass is 755 g/mol. The first-order chi connectivity index (χ1) is 24.3. The second kappa shape index (κ2) is 14.8. The SMILES string of the molecule is CCOc1cc(N(C(=O)N2CCNC(=O)C2)S(C)(=O)=O)ccc1C1=NC(c2ccc(Cl)cc2)C(c2ccc(Cl)cc2)N1C(=O)N1CCNC(=O)C1. The molecule has 0 bridgehead atoms. The predicted molar refractivity (Wildman–Crippen MR) is 192 cm³/mol. The van der Waals surface area contributed by atoms with E-state index in [2.05, 4.69) is 10.6 Å². The van der Waals surface area contributed by atoms with Crippen molar-refractivity contribution in [2.24, 2.45) is 4.99 Å². The van der Waals surface area contributed by atoms with Crippen LogP contribution in [0.1, 0.15) is 35.7 Å². The predicted octanol–water partition coefficient (Wildman–Crippen LogP) is 3.81. The fourth-order valence-electron chi connectivity index (χ4n) is 6.28. The van der Waals surface area contributed by atoms with Gasteiger partial charge in [-0.3, -0.25) is 19.5 Å². The average molecular weight is 757 g/mol. The molecule has 0 aliphatic carbocycles. The summed E-state index contributed by atoms with van der Waals surface area (Å²) in [5.41, 5.74) is 1.76. The Balaban J connectivity index is 1.51. The minimum Gasteiger partial charge on any atom is -0.493 e. The van der Waals surface area contributed by atoms with Crippen molar-refractivity contribution in [3.8, 4) is 5.75 Å². The molecule has 2 saturated heterocycles. The minimum absolute atomic E-state index is 0.0339. The lowest BCUT2D eigenvalue weighted by molar-refractivity contribution is -0.124. The number of nitrogens with one attached hydrogen (secondary N) is 2. The molecule has 3 aliphatic heterocycles. The van der Waals surface area contributed by atoms with Gasteiger partial charge in [-0.15, -0.1) is 0 Å². The zero-order chi connectivity index (χ0) is 36.4. The molecule has 2 fully saturated rings. The van der Waals surface area contributed by atoms with Crippen molar-refractivity contribution >= 4 is 68.6 Å². The van der Waals surface area contributed by atoms with Gasteiger partial charge in [-0.25, -0.2) is 18.0 Å². The topological polar surface area (TPSA) is 161 Å². The number of carbonyl (C=O) groups is 4. The van der Waals surface area contributed by atoms with Crippen molar-refractivity contribution in [3.05, 3.63) is 93.5 Å². The maximum atomic E-state index is 14.6. The summed E-state index contributed by atoms with van der Waals surface area (Å²) >= 11 is 12.5. The van der Waals surface area contributed by atoms with E-state index in [1.54, 1.807) is 49.4 Å². The first-order valence-corrected chi connectivity index (χ1v) is 18.7. The van der Waals surface area contributed by atoms with Crippen LogP contribution in [0.2, 0.25) is 10.0 Å². The third kappa shape index (κ3) is 7.60. The van der Waals surface area contributed by atoms with Gasteiger partial charge in [-0.1, -0.05) is 47.5 Å². The van der Waals surface area contributed by atoms with Crippen LogP contribution in [0.4, 0.5) is 15.3 Å². The van der Waals surface area contributed by atoms with Crippen molar-refractivity contribution in [1.29, 1.82) is 0 Å². The van der Waals surface area contributed by atoms with E-state index in [0.717, 1.165) is 16.7 Å². The lowest BCUT2D eigenvalue weighted by atomic mass is 9.93. The highest BCUT2D eigenvalue weighted by atomic mass is 35.5. The number of hydrogen-bond donors (Lipinski definition) is 2. The Morgan fingerprint density at radius 1 is 0.882 bits per heavy atom. The van der Waals surface area contributed by atoms with E-state index in [-0.39, 0.29) is 69.1 Å². The summed E-state index contributed by atoms with van der Waals surface area (Å²) in [6.45, 7) is 2.23. The Kier molecular flexibility index (Phi) is 10.4. The normalized spacial score (nSPS) is 19.3. The number of anilines is 1. The molecule has 3 aromatic rings. The molecule has 268 valence electrons. The molecule has 17 heteroatoms. The quantitative estimate of drug-likeness (QED) is 0.371. The van der Waals surface area contributed by atoms with Gasteiger partial charge in [0, 0.05) is 42.3 Å². The Bertz CT molecular complexity index is 1990. The number of aliphatic imine (C=N–C) groups is 1. The fraction of sp³-hybridized carbons (Fsp3) is 0.324. The molecule has 2 unspecified atom stereocenters. The number of ether oxygens (including phenoxy) is 1. The number of benzene rings is 3. The van der Waals surface area contributed by atoms with E-state index in [9.17, 15) is 27.6 Å². The molecule has 3 aromatic carbocycles. The number of nitrogens with zero attached hydrogens (tertiary/aromatic N) is 5. The maximum Gasteiger partial charge on any atom is 0.338 e. The van der Waals surface area contributed by atoms with Crippen LogP contribution in [0.25, 0.3) is 0 Å². The highest BCUT2D eigenvalue weighted by Gasteiger charge is 2.45. The number of urea groups is 2. The molecular formula is C34H35Cl2N7O7S. The molecular weight excluding hydrogens is 721 g/mol. The standard InChI is InChI=1S/C34H35Cl2N7O7S/c1-3-50-27-18-25(43(51(2,48)49)34(47)41-17-15-38-29(45)20-41)12-13-26(27)32-39-30(21-4-8-23(35)9-5-21)31(22-6-10-24(36)11-7-22)42(32)33(46)40-16-14-37-28(44)19-40/h4-13,18,30-31H,3,14-17,19-20H2,1-2H3,(H,37,44)(H,38,45). The number of piperazine rings is 2. The number of hydrogen-bond acceptors (Lipinski definition) is 8. The summed E-state index contributed by atoms with van der Waals surface area (Å²) < 4.78 is 32.9. The third-order valence-corrected chi connectivity index (χ3v) is 10.1. The number of carbonyl (C=O) groups excluding carboxylic acids is 4. The lowest BCUT2D eigenvalue weighted by Crippen LogP contribution is -2.55. The largest absolute Gasteiger partial charge is 0.493 e. The van der Waals surface area contributed by atoms with Crippen molar-refractivity contribution < 1.29 is 32.3 Å². The average Bonchev–Trinajstić information content (AvgIpc) is 3.48. The molecule has 51 heavy (non-hydrogen) atoms. The Hall–Kier alpha value is -4.86. The van der Waals surface area contributed by atoms with Crippen LogP contribution >= 0.6 is 23.2 Å². The molecule has 2 N–H and O–H groups in total. The van der Waals surface area contributed by atoms with Gasteiger partial charge in [-0.2, -0.15) is 4.31 Å². The van der Waals surface area contributed by atoms with E-state index in [1.807, 2.05) is 12.1 Å². The molecule has 0 saturated carbocycles. The van der Waals surface area contributed by atoms with Gasteiger partial charge in [0.25, 0.3) is 0 Å². The zero-order valence-electron chi connectivity index (χ0n) is 27.7. The van der Waals surface area contributed by atoms with Crippen LogP contribution in [-0.2, 0) is 19.6 Å². The van der Waals surface area contributed by atoms with Gasteiger partial charge in [0.05, 0.1) is 30.2 Å². The van der Waals surface area contributed by atoms with Gasteiger partial charge >= 0.3 is 12.1 Å². The molecule has 0 radical (unpaired) electrons. The summed E-state index contributed by atoms with van der Waals surface area (Å²) in [5.74, 6) is -0.368. The third-order valence-electron chi connectivity index (χ3n) is 8.56. The molecule has 14 nitrogen and oxygen atoms in total. The molecule has 3 aliphatic rings.